The van der Waals surface area contributed by atoms with E-state index in [2.05, 4.69) is 0 Å². The minimum absolute atomic E-state index is 0.0631. The van der Waals surface area contributed by atoms with Crippen LogP contribution in [0.2, 0.25) is 0 Å². The highest BCUT2D eigenvalue weighted by Crippen LogP contribution is 2.41. The van der Waals surface area contributed by atoms with E-state index >= 15 is 0 Å². The van der Waals surface area contributed by atoms with Crippen molar-refractivity contribution in [3.63, 3.8) is 0 Å². The molecule has 0 atom stereocenters. The molecule has 0 bridgehead atoms. The highest BCUT2D eigenvalue weighted by atomic mass is 127. The third-order valence-corrected chi connectivity index (χ3v) is 3.29. The van der Waals surface area contributed by atoms with Crippen molar-refractivity contribution in [2.45, 2.75) is 32.9 Å². The SMILES string of the molecule is CC1=C(C)CC(C(F)(F)F)=C(I)C1. The molecule has 0 saturated heterocycles. The van der Waals surface area contributed by atoms with Crippen LogP contribution in [0.1, 0.15) is 26.7 Å². The third-order valence-electron chi connectivity index (χ3n) is 2.26. The van der Waals surface area contributed by atoms with Crippen LogP contribution in [0, 0.1) is 0 Å². The van der Waals surface area contributed by atoms with Gasteiger partial charge in [0.2, 0.25) is 0 Å². The maximum atomic E-state index is 12.4. The second-order valence-electron chi connectivity index (χ2n) is 3.30. The van der Waals surface area contributed by atoms with Gasteiger partial charge in [0, 0.05) is 9.15 Å². The number of hydrogen-bond donors (Lipinski definition) is 0. The molecular weight excluding hydrogens is 292 g/mol. The van der Waals surface area contributed by atoms with Crippen LogP contribution in [0.3, 0.4) is 0 Å². The first-order valence-corrected chi connectivity index (χ1v) is 5.00. The number of hydrogen-bond acceptors (Lipinski definition) is 0. The number of rotatable bonds is 0. The van der Waals surface area contributed by atoms with Gasteiger partial charge in [0.1, 0.15) is 0 Å². The van der Waals surface area contributed by atoms with Crippen LogP contribution in [0.4, 0.5) is 13.2 Å². The first-order valence-electron chi connectivity index (χ1n) is 3.92. The highest BCUT2D eigenvalue weighted by Gasteiger charge is 2.37. The molecule has 0 nitrogen and oxygen atoms in total. The summed E-state index contributed by atoms with van der Waals surface area (Å²) in [7, 11) is 0. The zero-order chi connectivity index (χ0) is 10.2. The molecule has 1 aliphatic rings. The molecule has 0 amide bonds. The lowest BCUT2D eigenvalue weighted by molar-refractivity contribution is -0.0937. The summed E-state index contributed by atoms with van der Waals surface area (Å²) >= 11 is 1.79. The molecule has 4 heteroatoms. The second kappa shape index (κ2) is 3.63. The summed E-state index contributed by atoms with van der Waals surface area (Å²) in [6.45, 7) is 3.66. The highest BCUT2D eigenvalue weighted by molar-refractivity contribution is 14.1. The minimum Gasteiger partial charge on any atom is -0.166 e. The van der Waals surface area contributed by atoms with Crippen LogP contribution in [-0.4, -0.2) is 6.18 Å². The first kappa shape index (κ1) is 11.1. The van der Waals surface area contributed by atoms with Gasteiger partial charge in [0.15, 0.2) is 0 Å². The second-order valence-corrected chi connectivity index (χ2v) is 4.60. The van der Waals surface area contributed by atoms with E-state index in [1.54, 1.807) is 29.5 Å². The summed E-state index contributed by atoms with van der Waals surface area (Å²) < 4.78 is 37.7. The fraction of sp³-hybridized carbons (Fsp3) is 0.556. The smallest absolute Gasteiger partial charge is 0.166 e. The van der Waals surface area contributed by atoms with Gasteiger partial charge in [-0.3, -0.25) is 0 Å². The molecule has 0 radical (unpaired) electrons. The van der Waals surface area contributed by atoms with Gasteiger partial charge in [0.25, 0.3) is 0 Å². The molecule has 0 heterocycles. The molecule has 0 aliphatic heterocycles. The van der Waals surface area contributed by atoms with E-state index in [0.717, 1.165) is 11.1 Å². The Bertz CT molecular complexity index is 284. The van der Waals surface area contributed by atoms with Crippen LogP contribution in [0.15, 0.2) is 20.3 Å². The molecule has 74 valence electrons. The van der Waals surface area contributed by atoms with Crippen molar-refractivity contribution in [3.05, 3.63) is 20.3 Å². The molecule has 0 aromatic rings. The average molecular weight is 302 g/mol. The van der Waals surface area contributed by atoms with Crippen molar-refractivity contribution in [3.8, 4) is 0 Å². The lowest BCUT2D eigenvalue weighted by Crippen LogP contribution is -2.16. The number of halogens is 4. The average Bonchev–Trinajstić information content (AvgIpc) is 1.94. The van der Waals surface area contributed by atoms with Crippen LogP contribution >= 0.6 is 22.6 Å². The molecule has 1 rings (SSSR count). The normalized spacial score (nSPS) is 19.8. The predicted molar refractivity (Wildman–Crippen MR) is 54.7 cm³/mol. The van der Waals surface area contributed by atoms with E-state index in [1.807, 2.05) is 6.92 Å². The minimum atomic E-state index is -4.15. The van der Waals surface area contributed by atoms with Crippen LogP contribution in [-0.2, 0) is 0 Å². The first-order chi connectivity index (χ1) is 5.82. The monoisotopic (exact) mass is 302 g/mol. The summed E-state index contributed by atoms with van der Waals surface area (Å²) in [5.74, 6) is 0. The van der Waals surface area contributed by atoms with E-state index < -0.39 is 6.18 Å². The Kier molecular flexibility index (Phi) is 3.09. The van der Waals surface area contributed by atoms with Gasteiger partial charge in [-0.2, -0.15) is 13.2 Å². The van der Waals surface area contributed by atoms with Crippen molar-refractivity contribution >= 4 is 22.6 Å². The van der Waals surface area contributed by atoms with Gasteiger partial charge in [0.05, 0.1) is 0 Å². The van der Waals surface area contributed by atoms with Crippen molar-refractivity contribution in [1.82, 2.24) is 0 Å². The van der Waals surface area contributed by atoms with Gasteiger partial charge in [-0.15, -0.1) is 0 Å². The zero-order valence-electron chi connectivity index (χ0n) is 7.43. The number of allylic oxidation sites excluding steroid dienone is 4. The summed E-state index contributed by atoms with van der Waals surface area (Å²) in [4.78, 5) is 0. The van der Waals surface area contributed by atoms with Gasteiger partial charge >= 0.3 is 6.18 Å². The predicted octanol–water partition coefficient (Wildman–Crippen LogP) is 4.37. The fourth-order valence-electron chi connectivity index (χ4n) is 1.26. The van der Waals surface area contributed by atoms with Gasteiger partial charge in [-0.25, -0.2) is 0 Å². The maximum Gasteiger partial charge on any atom is 0.413 e. The van der Waals surface area contributed by atoms with Gasteiger partial charge in [-0.1, -0.05) is 11.1 Å². The van der Waals surface area contributed by atoms with E-state index in [9.17, 15) is 13.2 Å². The third kappa shape index (κ3) is 2.48. The topological polar surface area (TPSA) is 0 Å². The van der Waals surface area contributed by atoms with E-state index in [4.69, 9.17) is 0 Å². The molecule has 0 aromatic carbocycles. The van der Waals surface area contributed by atoms with E-state index in [0.29, 0.717) is 10.0 Å². The molecule has 13 heavy (non-hydrogen) atoms. The molecule has 0 fully saturated rings. The van der Waals surface area contributed by atoms with Crippen molar-refractivity contribution in [2.24, 2.45) is 0 Å². The van der Waals surface area contributed by atoms with Gasteiger partial charge in [-0.05, 0) is 49.3 Å². The maximum absolute atomic E-state index is 12.4. The Morgan fingerprint density at radius 1 is 1.08 bits per heavy atom. The fourth-order valence-corrected chi connectivity index (χ4v) is 2.32. The summed E-state index contributed by atoms with van der Waals surface area (Å²) in [6, 6.07) is 0. The Labute approximate surface area is 89.0 Å². The zero-order valence-corrected chi connectivity index (χ0v) is 9.58. The van der Waals surface area contributed by atoms with Crippen LogP contribution in [0.25, 0.3) is 0 Å². The molecule has 0 saturated carbocycles. The molecule has 1 aliphatic carbocycles. The van der Waals surface area contributed by atoms with Crippen molar-refractivity contribution in [1.29, 1.82) is 0 Å². The largest absolute Gasteiger partial charge is 0.413 e. The molecule has 0 aromatic heterocycles. The Balaban J connectivity index is 2.96. The molecule has 0 unspecified atom stereocenters. The lowest BCUT2D eigenvalue weighted by Gasteiger charge is -2.21. The lowest BCUT2D eigenvalue weighted by atomic mass is 9.93. The summed E-state index contributed by atoms with van der Waals surface area (Å²) in [5.41, 5.74) is 1.56. The molecule has 0 spiro atoms. The number of alkyl halides is 3. The Hall–Kier alpha value is -0.000000000000000111. The van der Waals surface area contributed by atoms with E-state index in [-0.39, 0.29) is 12.0 Å². The van der Waals surface area contributed by atoms with Crippen molar-refractivity contribution < 1.29 is 13.2 Å². The quantitative estimate of drug-likeness (QED) is 0.460. The van der Waals surface area contributed by atoms with Crippen molar-refractivity contribution in [2.75, 3.05) is 0 Å². The Morgan fingerprint density at radius 2 is 1.54 bits per heavy atom. The van der Waals surface area contributed by atoms with Crippen LogP contribution < -0.4 is 0 Å². The van der Waals surface area contributed by atoms with E-state index in [1.165, 1.54) is 0 Å². The Morgan fingerprint density at radius 3 is 2.00 bits per heavy atom. The summed E-state index contributed by atoms with van der Waals surface area (Å²) in [6.07, 6.45) is -3.63. The standard InChI is InChI=1S/C9H10F3I/c1-5-3-7(9(10,11)12)8(13)4-6(5)2/h3-4H2,1-2H3. The molecular formula is C9H10F3I. The molecule has 0 N–H and O–H groups in total. The summed E-state index contributed by atoms with van der Waals surface area (Å²) in [5, 5.41) is 0. The van der Waals surface area contributed by atoms with Gasteiger partial charge < -0.3 is 0 Å². The van der Waals surface area contributed by atoms with Crippen LogP contribution in [0.5, 0.6) is 0 Å².